The van der Waals surface area contributed by atoms with E-state index in [9.17, 15) is 0 Å². The molecule has 0 bridgehead atoms. The van der Waals surface area contributed by atoms with Crippen molar-refractivity contribution in [2.45, 2.75) is 51.5 Å². The van der Waals surface area contributed by atoms with Crippen molar-refractivity contribution in [3.05, 3.63) is 10.6 Å². The van der Waals surface area contributed by atoms with E-state index < -0.39 is 0 Å². The van der Waals surface area contributed by atoms with Crippen LogP contribution in [0.5, 0.6) is 0 Å². The smallest absolute Gasteiger partial charge is 0.185 e. The number of aromatic nitrogens is 1. The summed E-state index contributed by atoms with van der Waals surface area (Å²) in [5, 5.41) is 4.73. The van der Waals surface area contributed by atoms with Crippen LogP contribution in [0.1, 0.15) is 55.6 Å². The van der Waals surface area contributed by atoms with Crippen LogP contribution in [0.15, 0.2) is 0 Å². The molecule has 1 aliphatic carbocycles. The van der Waals surface area contributed by atoms with Crippen molar-refractivity contribution < 1.29 is 0 Å². The van der Waals surface area contributed by atoms with Gasteiger partial charge >= 0.3 is 0 Å². The molecule has 0 saturated carbocycles. The molecule has 2 atom stereocenters. The largest absolute Gasteiger partial charge is 0.348 e. The Bertz CT molecular complexity index is 429. The van der Waals surface area contributed by atoms with Gasteiger partial charge < -0.3 is 10.2 Å². The molecule has 1 aliphatic heterocycles. The molecule has 1 N–H and O–H groups in total. The first-order valence-electron chi connectivity index (χ1n) is 7.69. The highest BCUT2D eigenvalue weighted by molar-refractivity contribution is 7.15. The standard InChI is InChI=1S/C15H25N3S/c1-11-5-4-9-18(10-8-11)15-17-13-7-3-6-12(16-2)14(13)19-15/h11-12,16H,3-10H2,1-2H3. The fourth-order valence-corrected chi connectivity index (χ4v) is 4.58. The van der Waals surface area contributed by atoms with Crippen molar-refractivity contribution in [2.24, 2.45) is 5.92 Å². The third kappa shape index (κ3) is 2.79. The molecule has 2 unspecified atom stereocenters. The SMILES string of the molecule is CNC1CCCc2nc(N3CCCC(C)CC3)sc21. The number of thiazole rings is 1. The average molecular weight is 279 g/mol. The average Bonchev–Trinajstić information content (AvgIpc) is 2.74. The van der Waals surface area contributed by atoms with Gasteiger partial charge in [0.1, 0.15) is 0 Å². The van der Waals surface area contributed by atoms with E-state index in [1.165, 1.54) is 67.3 Å². The lowest BCUT2D eigenvalue weighted by molar-refractivity contribution is 0.501. The van der Waals surface area contributed by atoms with E-state index in [4.69, 9.17) is 4.98 Å². The monoisotopic (exact) mass is 279 g/mol. The van der Waals surface area contributed by atoms with Gasteiger partial charge in [-0.1, -0.05) is 18.3 Å². The zero-order valence-electron chi connectivity index (χ0n) is 12.1. The lowest BCUT2D eigenvalue weighted by Crippen LogP contribution is -2.23. The maximum Gasteiger partial charge on any atom is 0.185 e. The van der Waals surface area contributed by atoms with Crippen LogP contribution in [0.4, 0.5) is 5.13 Å². The fourth-order valence-electron chi connectivity index (χ4n) is 3.27. The number of rotatable bonds is 2. The van der Waals surface area contributed by atoms with Crippen LogP contribution in [0.25, 0.3) is 0 Å². The molecule has 0 radical (unpaired) electrons. The van der Waals surface area contributed by atoms with E-state index in [0.717, 1.165) is 5.92 Å². The van der Waals surface area contributed by atoms with Crippen LogP contribution in [-0.2, 0) is 6.42 Å². The van der Waals surface area contributed by atoms with Gasteiger partial charge in [-0.25, -0.2) is 4.98 Å². The molecule has 1 aromatic heterocycles. The first-order valence-corrected chi connectivity index (χ1v) is 8.51. The van der Waals surface area contributed by atoms with Crippen molar-refractivity contribution in [3.8, 4) is 0 Å². The predicted octanol–water partition coefficient (Wildman–Crippen LogP) is 3.37. The minimum absolute atomic E-state index is 0.543. The highest BCUT2D eigenvalue weighted by Gasteiger charge is 2.25. The Morgan fingerprint density at radius 3 is 2.95 bits per heavy atom. The molecule has 4 heteroatoms. The van der Waals surface area contributed by atoms with E-state index in [1.807, 2.05) is 11.3 Å². The van der Waals surface area contributed by atoms with Gasteiger partial charge in [-0.15, -0.1) is 0 Å². The minimum atomic E-state index is 0.543. The molecule has 1 aromatic rings. The maximum absolute atomic E-state index is 4.94. The number of aryl methyl sites for hydroxylation is 1. The summed E-state index contributed by atoms with van der Waals surface area (Å²) in [6.45, 7) is 4.77. The van der Waals surface area contributed by atoms with Crippen LogP contribution in [0.2, 0.25) is 0 Å². The lowest BCUT2D eigenvalue weighted by Gasteiger charge is -2.20. The molecular formula is C15H25N3S. The number of nitrogens with one attached hydrogen (secondary N) is 1. The number of nitrogens with zero attached hydrogens (tertiary/aromatic N) is 2. The van der Waals surface area contributed by atoms with Gasteiger partial charge in [-0.2, -0.15) is 0 Å². The molecule has 1 fully saturated rings. The van der Waals surface area contributed by atoms with Crippen LogP contribution in [0.3, 0.4) is 0 Å². The van der Waals surface area contributed by atoms with Crippen molar-refractivity contribution >= 4 is 16.5 Å². The normalized spacial score (nSPS) is 28.0. The van der Waals surface area contributed by atoms with Gasteiger partial charge in [0, 0.05) is 24.0 Å². The quantitative estimate of drug-likeness (QED) is 0.899. The summed E-state index contributed by atoms with van der Waals surface area (Å²) in [5.41, 5.74) is 1.36. The van der Waals surface area contributed by atoms with E-state index >= 15 is 0 Å². The molecule has 3 nitrogen and oxygen atoms in total. The molecule has 3 rings (SSSR count). The predicted molar refractivity (Wildman–Crippen MR) is 82.1 cm³/mol. The lowest BCUT2D eigenvalue weighted by atomic mass is 9.98. The molecular weight excluding hydrogens is 254 g/mol. The summed E-state index contributed by atoms with van der Waals surface area (Å²) < 4.78 is 0. The summed E-state index contributed by atoms with van der Waals surface area (Å²) >= 11 is 1.94. The van der Waals surface area contributed by atoms with Gasteiger partial charge in [-0.3, -0.25) is 0 Å². The Kier molecular flexibility index (Phi) is 4.08. The van der Waals surface area contributed by atoms with Gasteiger partial charge in [0.15, 0.2) is 5.13 Å². The summed E-state index contributed by atoms with van der Waals surface area (Å²) in [6, 6.07) is 0.543. The van der Waals surface area contributed by atoms with Crippen molar-refractivity contribution in [1.82, 2.24) is 10.3 Å². The zero-order valence-corrected chi connectivity index (χ0v) is 12.9. The van der Waals surface area contributed by atoms with Gasteiger partial charge in [0.05, 0.1) is 5.69 Å². The third-order valence-corrected chi connectivity index (χ3v) is 5.85. The van der Waals surface area contributed by atoms with Crippen LogP contribution < -0.4 is 10.2 Å². The molecule has 2 heterocycles. The maximum atomic E-state index is 4.94. The zero-order chi connectivity index (χ0) is 13.2. The second kappa shape index (κ2) is 5.80. The van der Waals surface area contributed by atoms with Gasteiger partial charge in [-0.05, 0) is 51.5 Å². The third-order valence-electron chi connectivity index (χ3n) is 4.57. The summed E-state index contributed by atoms with van der Waals surface area (Å²) in [6.07, 6.45) is 7.73. The number of hydrogen-bond donors (Lipinski definition) is 1. The molecule has 2 aliphatic rings. The summed E-state index contributed by atoms with van der Waals surface area (Å²) in [4.78, 5) is 8.97. The molecule has 106 valence electrons. The minimum Gasteiger partial charge on any atom is -0.348 e. The molecule has 0 amide bonds. The fraction of sp³-hybridized carbons (Fsp3) is 0.800. The van der Waals surface area contributed by atoms with Crippen LogP contribution >= 0.6 is 11.3 Å². The number of anilines is 1. The van der Waals surface area contributed by atoms with Crippen LogP contribution in [-0.4, -0.2) is 25.1 Å². The van der Waals surface area contributed by atoms with E-state index in [-0.39, 0.29) is 0 Å². The van der Waals surface area contributed by atoms with E-state index in [2.05, 4.69) is 24.2 Å². The highest BCUT2D eigenvalue weighted by atomic mass is 32.1. The highest BCUT2D eigenvalue weighted by Crippen LogP contribution is 2.38. The van der Waals surface area contributed by atoms with Crippen LogP contribution in [0, 0.1) is 5.92 Å². The number of hydrogen-bond acceptors (Lipinski definition) is 4. The molecule has 0 spiro atoms. The van der Waals surface area contributed by atoms with Crippen molar-refractivity contribution in [2.75, 3.05) is 25.0 Å². The van der Waals surface area contributed by atoms with Crippen molar-refractivity contribution in [3.63, 3.8) is 0 Å². The number of fused-ring (bicyclic) bond motifs is 1. The first kappa shape index (κ1) is 13.4. The summed E-state index contributed by atoms with van der Waals surface area (Å²) in [5.74, 6) is 0.879. The Balaban J connectivity index is 1.80. The Labute approximate surface area is 120 Å². The molecule has 1 saturated heterocycles. The topological polar surface area (TPSA) is 28.2 Å². The Hall–Kier alpha value is -0.610. The van der Waals surface area contributed by atoms with E-state index in [0.29, 0.717) is 6.04 Å². The Morgan fingerprint density at radius 1 is 1.21 bits per heavy atom. The second-order valence-electron chi connectivity index (χ2n) is 6.06. The molecule has 0 aromatic carbocycles. The van der Waals surface area contributed by atoms with Gasteiger partial charge in [0.2, 0.25) is 0 Å². The van der Waals surface area contributed by atoms with Gasteiger partial charge in [0.25, 0.3) is 0 Å². The second-order valence-corrected chi connectivity index (χ2v) is 7.07. The molecule has 19 heavy (non-hydrogen) atoms. The van der Waals surface area contributed by atoms with E-state index in [1.54, 1.807) is 0 Å². The summed E-state index contributed by atoms with van der Waals surface area (Å²) in [7, 11) is 2.08. The first-order chi connectivity index (χ1) is 9.28. The Morgan fingerprint density at radius 2 is 2.11 bits per heavy atom. The van der Waals surface area contributed by atoms with Crippen molar-refractivity contribution in [1.29, 1.82) is 0 Å².